The first-order chi connectivity index (χ1) is 14.8. The molecule has 0 saturated carbocycles. The van der Waals surface area contributed by atoms with E-state index in [0.717, 1.165) is 36.1 Å². The van der Waals surface area contributed by atoms with Gasteiger partial charge < -0.3 is 14.8 Å². The van der Waals surface area contributed by atoms with Crippen molar-refractivity contribution in [2.45, 2.75) is 38.0 Å². The number of ether oxygens (including phenoxy) is 2. The molecule has 2 aromatic carbocycles. The Morgan fingerprint density at radius 3 is 2.35 bits per heavy atom. The summed E-state index contributed by atoms with van der Waals surface area (Å²) in [6.45, 7) is 5.58. The Kier molecular flexibility index (Phi) is 7.56. The van der Waals surface area contributed by atoms with Gasteiger partial charge in [-0.1, -0.05) is 12.5 Å². The molecule has 1 saturated heterocycles. The minimum absolute atomic E-state index is 0.104. The smallest absolute Gasteiger partial charge is 0.255 e. The van der Waals surface area contributed by atoms with Crippen LogP contribution in [0.4, 0.5) is 0 Å². The molecule has 1 fully saturated rings. The highest BCUT2D eigenvalue weighted by molar-refractivity contribution is 7.89. The Hall–Kier alpha value is -2.58. The summed E-state index contributed by atoms with van der Waals surface area (Å²) in [6, 6.07) is 10.3. The summed E-state index contributed by atoms with van der Waals surface area (Å²) in [6.07, 6.45) is 2.73. The number of hydrogen-bond acceptors (Lipinski definition) is 5. The second kappa shape index (κ2) is 10.2. The fourth-order valence-electron chi connectivity index (χ4n) is 3.72. The lowest BCUT2D eigenvalue weighted by atomic mass is 10.1. The van der Waals surface area contributed by atoms with Crippen molar-refractivity contribution in [2.75, 3.05) is 33.4 Å². The van der Waals surface area contributed by atoms with Crippen LogP contribution < -0.4 is 14.8 Å². The zero-order valence-corrected chi connectivity index (χ0v) is 19.1. The molecule has 0 aromatic heterocycles. The Morgan fingerprint density at radius 1 is 1.03 bits per heavy atom. The second-order valence-corrected chi connectivity index (χ2v) is 9.69. The number of aryl methyl sites for hydroxylation is 2. The van der Waals surface area contributed by atoms with Gasteiger partial charge >= 0.3 is 0 Å². The molecule has 1 N–H and O–H groups in total. The molecule has 7 nitrogen and oxygen atoms in total. The monoisotopic (exact) mass is 446 g/mol. The van der Waals surface area contributed by atoms with Gasteiger partial charge in [-0.15, -0.1) is 0 Å². The maximum absolute atomic E-state index is 13.0. The first-order valence-corrected chi connectivity index (χ1v) is 11.9. The third-order valence-corrected chi connectivity index (χ3v) is 7.11. The Labute approximate surface area is 184 Å². The van der Waals surface area contributed by atoms with Gasteiger partial charge in [0.1, 0.15) is 18.1 Å². The molecule has 168 valence electrons. The Balaban J connectivity index is 1.67. The lowest BCUT2D eigenvalue weighted by Crippen LogP contribution is -2.35. The predicted octanol–water partition coefficient (Wildman–Crippen LogP) is 3.30. The molecule has 0 spiro atoms. The van der Waals surface area contributed by atoms with E-state index in [1.807, 2.05) is 26.0 Å². The summed E-state index contributed by atoms with van der Waals surface area (Å²) in [4.78, 5) is 12.8. The van der Waals surface area contributed by atoms with E-state index in [0.29, 0.717) is 25.4 Å². The third kappa shape index (κ3) is 5.77. The lowest BCUT2D eigenvalue weighted by Gasteiger charge is -2.26. The fourth-order valence-corrected chi connectivity index (χ4v) is 5.27. The zero-order chi connectivity index (χ0) is 22.4. The molecule has 1 heterocycles. The van der Waals surface area contributed by atoms with Crippen molar-refractivity contribution in [3.63, 3.8) is 0 Å². The molecular formula is C23H30N2O5S. The average Bonchev–Trinajstić information content (AvgIpc) is 2.76. The molecule has 31 heavy (non-hydrogen) atoms. The number of sulfonamides is 1. The minimum Gasteiger partial charge on any atom is -0.496 e. The SMILES string of the molecule is COc1ccc(S(=O)(=O)N2CCCCC2)cc1C(=O)NCCOc1cc(C)cc(C)c1. The van der Waals surface area contributed by atoms with E-state index < -0.39 is 15.9 Å². The molecule has 8 heteroatoms. The van der Waals surface area contributed by atoms with Crippen molar-refractivity contribution in [2.24, 2.45) is 0 Å². The first-order valence-electron chi connectivity index (χ1n) is 10.5. The van der Waals surface area contributed by atoms with Crippen LogP contribution in [0.2, 0.25) is 0 Å². The van der Waals surface area contributed by atoms with Crippen molar-refractivity contribution >= 4 is 15.9 Å². The van der Waals surface area contributed by atoms with Crippen molar-refractivity contribution in [1.29, 1.82) is 0 Å². The lowest BCUT2D eigenvalue weighted by molar-refractivity contribution is 0.0943. The van der Waals surface area contributed by atoms with Crippen LogP contribution in [0.25, 0.3) is 0 Å². The fraction of sp³-hybridized carbons (Fsp3) is 0.435. The van der Waals surface area contributed by atoms with E-state index in [9.17, 15) is 13.2 Å². The van der Waals surface area contributed by atoms with Gasteiger partial charge in [0.25, 0.3) is 5.91 Å². The van der Waals surface area contributed by atoms with E-state index >= 15 is 0 Å². The van der Waals surface area contributed by atoms with Crippen LogP contribution in [0.1, 0.15) is 40.7 Å². The van der Waals surface area contributed by atoms with Gasteiger partial charge in [0.2, 0.25) is 10.0 Å². The van der Waals surface area contributed by atoms with E-state index in [1.54, 1.807) is 0 Å². The number of benzene rings is 2. The van der Waals surface area contributed by atoms with E-state index in [4.69, 9.17) is 9.47 Å². The summed E-state index contributed by atoms with van der Waals surface area (Å²) < 4.78 is 38.4. The van der Waals surface area contributed by atoms with Gasteiger partial charge in [0.15, 0.2) is 0 Å². The van der Waals surface area contributed by atoms with Gasteiger partial charge in [0.05, 0.1) is 24.1 Å². The van der Waals surface area contributed by atoms with Crippen molar-refractivity contribution in [1.82, 2.24) is 9.62 Å². The van der Waals surface area contributed by atoms with Crippen LogP contribution in [0.15, 0.2) is 41.3 Å². The zero-order valence-electron chi connectivity index (χ0n) is 18.3. The highest BCUT2D eigenvalue weighted by atomic mass is 32.2. The molecule has 3 rings (SSSR count). The summed E-state index contributed by atoms with van der Waals surface area (Å²) in [5.41, 5.74) is 2.40. The molecular weight excluding hydrogens is 416 g/mol. The van der Waals surface area contributed by atoms with Crippen LogP contribution in [-0.4, -0.2) is 52.0 Å². The van der Waals surface area contributed by atoms with Crippen molar-refractivity contribution in [3.05, 3.63) is 53.1 Å². The third-order valence-electron chi connectivity index (χ3n) is 5.22. The first kappa shape index (κ1) is 23.1. The molecule has 1 amide bonds. The Morgan fingerprint density at radius 2 is 1.71 bits per heavy atom. The molecule has 0 atom stereocenters. The van der Waals surface area contributed by atoms with E-state index in [1.165, 1.54) is 29.6 Å². The molecule has 0 aliphatic carbocycles. The number of carbonyl (C=O) groups is 1. The molecule has 0 radical (unpaired) electrons. The minimum atomic E-state index is -3.64. The summed E-state index contributed by atoms with van der Waals surface area (Å²) >= 11 is 0. The maximum atomic E-state index is 13.0. The molecule has 0 unspecified atom stereocenters. The number of methoxy groups -OCH3 is 1. The number of carbonyl (C=O) groups excluding carboxylic acids is 1. The van der Waals surface area contributed by atoms with Gasteiger partial charge in [-0.05, 0) is 68.1 Å². The highest BCUT2D eigenvalue weighted by Gasteiger charge is 2.27. The number of nitrogens with zero attached hydrogens (tertiary/aromatic N) is 1. The highest BCUT2D eigenvalue weighted by Crippen LogP contribution is 2.26. The normalized spacial score (nSPS) is 14.8. The van der Waals surface area contributed by atoms with Crippen LogP contribution in [-0.2, 0) is 10.0 Å². The van der Waals surface area contributed by atoms with Gasteiger partial charge in [-0.2, -0.15) is 4.31 Å². The summed E-state index contributed by atoms with van der Waals surface area (Å²) in [5, 5.41) is 2.78. The molecule has 1 aliphatic heterocycles. The van der Waals surface area contributed by atoms with Crippen molar-refractivity contribution in [3.8, 4) is 11.5 Å². The molecule has 0 bridgehead atoms. The van der Waals surface area contributed by atoms with Crippen LogP contribution in [0.5, 0.6) is 11.5 Å². The summed E-state index contributed by atoms with van der Waals surface area (Å²) in [5.74, 6) is 0.667. The van der Waals surface area contributed by atoms with Gasteiger partial charge in [-0.25, -0.2) is 8.42 Å². The topological polar surface area (TPSA) is 84.9 Å². The number of hydrogen-bond donors (Lipinski definition) is 1. The Bertz CT molecular complexity index is 1010. The predicted molar refractivity (Wildman–Crippen MR) is 119 cm³/mol. The maximum Gasteiger partial charge on any atom is 0.255 e. The summed E-state index contributed by atoms with van der Waals surface area (Å²) in [7, 11) is -2.19. The average molecular weight is 447 g/mol. The van der Waals surface area contributed by atoms with Crippen LogP contribution in [0, 0.1) is 13.8 Å². The standard InChI is InChI=1S/C23H30N2O5S/c1-17-13-18(2)15-19(14-17)30-12-9-24-23(26)21-16-20(7-8-22(21)29-3)31(27,28)25-10-5-4-6-11-25/h7-8,13-16H,4-6,9-12H2,1-3H3,(H,24,26). The number of nitrogens with one attached hydrogen (secondary N) is 1. The number of piperidine rings is 1. The molecule has 2 aromatic rings. The van der Waals surface area contributed by atoms with E-state index in [-0.39, 0.29) is 17.0 Å². The number of amides is 1. The molecule has 1 aliphatic rings. The van der Waals surface area contributed by atoms with Crippen molar-refractivity contribution < 1.29 is 22.7 Å². The van der Waals surface area contributed by atoms with E-state index in [2.05, 4.69) is 11.4 Å². The van der Waals surface area contributed by atoms with Crippen LogP contribution in [0.3, 0.4) is 0 Å². The van der Waals surface area contributed by atoms with Gasteiger partial charge in [0, 0.05) is 13.1 Å². The van der Waals surface area contributed by atoms with Crippen LogP contribution >= 0.6 is 0 Å². The second-order valence-electron chi connectivity index (χ2n) is 7.75. The quantitative estimate of drug-likeness (QED) is 0.629. The van der Waals surface area contributed by atoms with Gasteiger partial charge in [-0.3, -0.25) is 4.79 Å². The largest absolute Gasteiger partial charge is 0.496 e. The number of rotatable bonds is 8.